The summed E-state index contributed by atoms with van der Waals surface area (Å²) in [6, 6.07) is 25.4. The summed E-state index contributed by atoms with van der Waals surface area (Å²) in [7, 11) is 0. The maximum absolute atomic E-state index is 13.0. The van der Waals surface area contributed by atoms with E-state index in [2.05, 4.69) is 81.9 Å². The van der Waals surface area contributed by atoms with Gasteiger partial charge in [0.05, 0.1) is 0 Å². The normalized spacial score (nSPS) is 19.5. The quantitative estimate of drug-likeness (QED) is 0.536. The fourth-order valence-corrected chi connectivity index (χ4v) is 5.54. The molecule has 0 radical (unpaired) electrons. The van der Waals surface area contributed by atoms with Gasteiger partial charge >= 0.3 is 0 Å². The van der Waals surface area contributed by atoms with Crippen molar-refractivity contribution in [1.82, 2.24) is 15.2 Å². The summed E-state index contributed by atoms with van der Waals surface area (Å²) in [5, 5.41) is 3.28. The minimum Gasteiger partial charge on any atom is -0.356 e. The van der Waals surface area contributed by atoms with Crippen molar-refractivity contribution in [1.29, 1.82) is 0 Å². The van der Waals surface area contributed by atoms with Crippen molar-refractivity contribution >= 4 is 5.91 Å². The van der Waals surface area contributed by atoms with Gasteiger partial charge in [-0.2, -0.15) is 0 Å². The molecule has 1 atom stereocenters. The van der Waals surface area contributed by atoms with Crippen LogP contribution in [-0.2, 0) is 11.3 Å². The molecule has 2 aliphatic rings. The molecule has 1 aliphatic heterocycles. The van der Waals surface area contributed by atoms with Gasteiger partial charge < -0.3 is 5.32 Å². The molecule has 3 aromatic rings. The minimum absolute atomic E-state index is 0.199. The highest BCUT2D eigenvalue weighted by molar-refractivity contribution is 5.82. The number of benzene rings is 2. The number of nitrogens with zero attached hydrogens (tertiary/aromatic N) is 2. The Bertz CT molecular complexity index is 991. The summed E-state index contributed by atoms with van der Waals surface area (Å²) in [4.78, 5) is 19.7. The van der Waals surface area contributed by atoms with Gasteiger partial charge in [-0.25, -0.2) is 0 Å². The van der Waals surface area contributed by atoms with E-state index in [0.717, 1.165) is 45.3 Å². The first-order valence-electron chi connectivity index (χ1n) is 12.2. The average Bonchev–Trinajstić information content (AvgIpc) is 3.58. The van der Waals surface area contributed by atoms with Gasteiger partial charge in [-0.05, 0) is 66.9 Å². The molecule has 1 aromatic heterocycles. The van der Waals surface area contributed by atoms with Crippen molar-refractivity contribution < 1.29 is 4.79 Å². The highest BCUT2D eigenvalue weighted by Gasteiger charge is 2.58. The number of nitrogens with one attached hydrogen (secondary N) is 1. The number of pyridine rings is 1. The molecule has 1 saturated heterocycles. The summed E-state index contributed by atoms with van der Waals surface area (Å²) in [5.41, 5.74) is 4.13. The Labute approximate surface area is 197 Å². The van der Waals surface area contributed by atoms with E-state index in [0.29, 0.717) is 12.5 Å². The smallest absolute Gasteiger partial charge is 0.223 e. The molecule has 1 spiro atoms. The zero-order chi connectivity index (χ0) is 22.5. The molecule has 1 amide bonds. The van der Waals surface area contributed by atoms with Crippen molar-refractivity contribution in [2.24, 2.45) is 11.3 Å². The number of hydrogen-bond acceptors (Lipinski definition) is 3. The van der Waals surface area contributed by atoms with Gasteiger partial charge in [-0.15, -0.1) is 0 Å². The van der Waals surface area contributed by atoms with Gasteiger partial charge in [0.25, 0.3) is 0 Å². The summed E-state index contributed by atoms with van der Waals surface area (Å²) in [6.45, 7) is 3.82. The zero-order valence-electron chi connectivity index (χ0n) is 19.2. The van der Waals surface area contributed by atoms with Crippen molar-refractivity contribution in [2.75, 3.05) is 19.6 Å². The number of hydrogen-bond donors (Lipinski definition) is 1. The van der Waals surface area contributed by atoms with Crippen LogP contribution in [0.4, 0.5) is 0 Å². The lowest BCUT2D eigenvalue weighted by Crippen LogP contribution is -2.37. The largest absolute Gasteiger partial charge is 0.356 e. The lowest BCUT2D eigenvalue weighted by molar-refractivity contribution is -0.123. The van der Waals surface area contributed by atoms with Crippen molar-refractivity contribution in [3.8, 4) is 0 Å². The van der Waals surface area contributed by atoms with Gasteiger partial charge in [-0.3, -0.25) is 14.7 Å². The Hall–Kier alpha value is -2.98. The van der Waals surface area contributed by atoms with Crippen molar-refractivity contribution in [2.45, 2.75) is 38.1 Å². The lowest BCUT2D eigenvalue weighted by atomic mass is 9.88. The average molecular weight is 440 g/mol. The number of rotatable bonds is 8. The predicted molar refractivity (Wildman–Crippen MR) is 132 cm³/mol. The maximum Gasteiger partial charge on any atom is 0.223 e. The Morgan fingerprint density at radius 3 is 2.24 bits per heavy atom. The van der Waals surface area contributed by atoms with Crippen LogP contribution in [0.25, 0.3) is 0 Å². The number of likely N-dealkylation sites (tertiary alicyclic amines) is 1. The van der Waals surface area contributed by atoms with Crippen LogP contribution in [0.3, 0.4) is 0 Å². The minimum atomic E-state index is 0.199. The molecule has 33 heavy (non-hydrogen) atoms. The van der Waals surface area contributed by atoms with E-state index >= 15 is 0 Å². The van der Waals surface area contributed by atoms with Crippen LogP contribution in [0.5, 0.6) is 0 Å². The van der Waals surface area contributed by atoms with Gasteiger partial charge in [-0.1, -0.05) is 66.7 Å². The molecular weight excluding hydrogens is 406 g/mol. The van der Waals surface area contributed by atoms with Crippen LogP contribution in [0.15, 0.2) is 85.2 Å². The number of piperidine rings is 1. The molecule has 2 fully saturated rings. The van der Waals surface area contributed by atoms with Crippen LogP contribution < -0.4 is 5.32 Å². The highest BCUT2D eigenvalue weighted by Crippen LogP contribution is 2.59. The molecule has 0 unspecified atom stereocenters. The summed E-state index contributed by atoms with van der Waals surface area (Å²) in [5.74, 6) is 0.761. The third-order valence-electron chi connectivity index (χ3n) is 7.62. The van der Waals surface area contributed by atoms with Gasteiger partial charge in [0, 0.05) is 37.3 Å². The SMILES string of the molecule is O=C(NCCC(c1ccccc1)c1ccccc1)[C@@H]1CC12CCN(Cc1cccnc1)CC2. The number of amides is 1. The fourth-order valence-electron chi connectivity index (χ4n) is 5.54. The number of aromatic nitrogens is 1. The fraction of sp³-hybridized carbons (Fsp3) is 0.379. The first-order chi connectivity index (χ1) is 16.2. The molecular formula is C29H33N3O. The van der Waals surface area contributed by atoms with E-state index in [-0.39, 0.29) is 17.2 Å². The van der Waals surface area contributed by atoms with E-state index in [1.165, 1.54) is 16.7 Å². The van der Waals surface area contributed by atoms with Crippen molar-refractivity contribution in [3.05, 3.63) is 102 Å². The molecule has 170 valence electrons. The van der Waals surface area contributed by atoms with Crippen molar-refractivity contribution in [3.63, 3.8) is 0 Å². The monoisotopic (exact) mass is 439 g/mol. The first kappa shape index (κ1) is 21.8. The summed E-state index contributed by atoms with van der Waals surface area (Å²) >= 11 is 0. The van der Waals surface area contributed by atoms with E-state index < -0.39 is 0 Å². The Balaban J connectivity index is 1.11. The van der Waals surface area contributed by atoms with Gasteiger partial charge in [0.15, 0.2) is 0 Å². The summed E-state index contributed by atoms with van der Waals surface area (Å²) < 4.78 is 0. The Morgan fingerprint density at radius 1 is 0.970 bits per heavy atom. The molecule has 4 heteroatoms. The van der Waals surface area contributed by atoms with Gasteiger partial charge in [0.2, 0.25) is 5.91 Å². The standard InChI is InChI=1S/C29H33N3O/c33-28(27-20-29(27)14-18-32(19-15-29)22-23-8-7-16-30-21-23)31-17-13-26(24-9-3-1-4-10-24)25-11-5-2-6-12-25/h1-12,16,21,26-27H,13-15,17-20,22H2,(H,31,33)/t27-/m0/s1. The number of carbonyl (C=O) groups excluding carboxylic acids is 1. The Kier molecular flexibility index (Phi) is 6.54. The molecule has 0 bridgehead atoms. The molecule has 2 heterocycles. The molecule has 4 nitrogen and oxygen atoms in total. The maximum atomic E-state index is 13.0. The lowest BCUT2D eigenvalue weighted by Gasteiger charge is -2.32. The second-order valence-corrected chi connectivity index (χ2v) is 9.71. The molecule has 2 aromatic carbocycles. The second-order valence-electron chi connectivity index (χ2n) is 9.71. The highest BCUT2D eigenvalue weighted by atomic mass is 16.2. The van der Waals surface area contributed by atoms with E-state index in [1.807, 2.05) is 18.5 Å². The predicted octanol–water partition coefficient (Wildman–Crippen LogP) is 5.02. The topological polar surface area (TPSA) is 45.2 Å². The van der Waals surface area contributed by atoms with Crippen LogP contribution in [0.1, 0.15) is 48.3 Å². The molecule has 1 N–H and O–H groups in total. The first-order valence-corrected chi connectivity index (χ1v) is 12.2. The van der Waals surface area contributed by atoms with E-state index in [4.69, 9.17) is 0 Å². The number of carbonyl (C=O) groups is 1. The van der Waals surface area contributed by atoms with E-state index in [1.54, 1.807) is 0 Å². The van der Waals surface area contributed by atoms with Crippen LogP contribution in [-0.4, -0.2) is 35.4 Å². The van der Waals surface area contributed by atoms with Crippen LogP contribution in [0, 0.1) is 11.3 Å². The van der Waals surface area contributed by atoms with Gasteiger partial charge in [0.1, 0.15) is 0 Å². The second kappa shape index (κ2) is 9.88. The zero-order valence-corrected chi connectivity index (χ0v) is 19.2. The van der Waals surface area contributed by atoms with Crippen LogP contribution >= 0.6 is 0 Å². The third kappa shape index (κ3) is 5.17. The summed E-state index contributed by atoms with van der Waals surface area (Å²) in [6.07, 6.45) is 8.00. The Morgan fingerprint density at radius 2 is 1.64 bits per heavy atom. The third-order valence-corrected chi connectivity index (χ3v) is 7.62. The molecule has 1 saturated carbocycles. The molecule has 1 aliphatic carbocycles. The van der Waals surface area contributed by atoms with Crippen LogP contribution in [0.2, 0.25) is 0 Å². The van der Waals surface area contributed by atoms with E-state index in [9.17, 15) is 4.79 Å². The molecule has 5 rings (SSSR count).